The van der Waals surface area contributed by atoms with E-state index in [0.717, 1.165) is 77.0 Å². The van der Waals surface area contributed by atoms with Crippen LogP contribution >= 0.6 is 0 Å². The van der Waals surface area contributed by atoms with Gasteiger partial charge in [0.2, 0.25) is 0 Å². The Labute approximate surface area is 459 Å². The number of ether oxygens (including phenoxy) is 3. The van der Waals surface area contributed by atoms with E-state index in [0.29, 0.717) is 25.9 Å². The lowest BCUT2D eigenvalue weighted by molar-refractivity contribution is -0.162. The van der Waals surface area contributed by atoms with Crippen LogP contribution in [-0.4, -0.2) is 37.9 Å². The maximum Gasteiger partial charge on any atom is 0.306 e. The fraction of sp³-hybridized carbons (Fsp3) is 0.710. The number of esters is 2. The van der Waals surface area contributed by atoms with Crippen molar-refractivity contribution in [2.75, 3.05) is 19.8 Å². The normalized spacial score (nSPS) is 13.0. The number of carbonyl (C=O) groups excluding carboxylic acids is 2. The van der Waals surface area contributed by atoms with E-state index in [-0.39, 0.29) is 25.2 Å². The highest BCUT2D eigenvalue weighted by atomic mass is 16.6. The van der Waals surface area contributed by atoms with Gasteiger partial charge in [-0.15, -0.1) is 0 Å². The molecule has 0 aliphatic carbocycles. The summed E-state index contributed by atoms with van der Waals surface area (Å²) in [6.45, 7) is 7.62. The molecule has 5 nitrogen and oxygen atoms in total. The summed E-state index contributed by atoms with van der Waals surface area (Å²) in [6, 6.07) is 0. The molecule has 0 aliphatic heterocycles. The van der Waals surface area contributed by atoms with Crippen molar-refractivity contribution in [3.63, 3.8) is 0 Å². The summed E-state index contributed by atoms with van der Waals surface area (Å²) in [4.78, 5) is 25.6. The van der Waals surface area contributed by atoms with Gasteiger partial charge in [0.25, 0.3) is 0 Å². The molecule has 0 aromatic heterocycles. The Kier molecular flexibility index (Phi) is 60.9. The Bertz CT molecular complexity index is 1440. The van der Waals surface area contributed by atoms with Crippen LogP contribution in [0, 0.1) is 0 Å². The van der Waals surface area contributed by atoms with Gasteiger partial charge in [0.05, 0.1) is 6.61 Å². The zero-order valence-corrected chi connectivity index (χ0v) is 48.8. The monoisotopic (exact) mass is 1030 g/mol. The summed E-state index contributed by atoms with van der Waals surface area (Å²) in [6.07, 6.45) is 88.5. The second-order valence-corrected chi connectivity index (χ2v) is 20.6. The van der Waals surface area contributed by atoms with Crippen molar-refractivity contribution in [2.24, 2.45) is 0 Å². The van der Waals surface area contributed by atoms with Crippen molar-refractivity contribution in [3.05, 3.63) is 109 Å². The van der Waals surface area contributed by atoms with E-state index in [1.807, 2.05) is 6.08 Å². The van der Waals surface area contributed by atoms with Gasteiger partial charge in [0.15, 0.2) is 6.10 Å². The summed E-state index contributed by atoms with van der Waals surface area (Å²) >= 11 is 0. The number of hydrogen-bond acceptors (Lipinski definition) is 5. The van der Waals surface area contributed by atoms with Gasteiger partial charge in [-0.05, 0) is 116 Å². The number of unbranched alkanes of at least 4 members (excludes halogenated alkanes) is 28. The first-order chi connectivity index (χ1) is 36.6. The predicted octanol–water partition coefficient (Wildman–Crippen LogP) is 21.9. The molecule has 0 rings (SSSR count). The van der Waals surface area contributed by atoms with Crippen molar-refractivity contribution in [3.8, 4) is 0 Å². The van der Waals surface area contributed by atoms with E-state index in [1.54, 1.807) is 0 Å². The van der Waals surface area contributed by atoms with Crippen LogP contribution < -0.4 is 0 Å². The molecule has 0 amide bonds. The third-order valence-corrected chi connectivity index (χ3v) is 13.3. The molecule has 0 radical (unpaired) electrons. The van der Waals surface area contributed by atoms with Crippen LogP contribution in [0.3, 0.4) is 0 Å². The van der Waals surface area contributed by atoms with Crippen molar-refractivity contribution in [1.29, 1.82) is 0 Å². The number of hydrogen-bond donors (Lipinski definition) is 0. The summed E-state index contributed by atoms with van der Waals surface area (Å²) in [5.74, 6) is -0.495. The summed E-state index contributed by atoms with van der Waals surface area (Å²) < 4.78 is 17.5. The first-order valence-corrected chi connectivity index (χ1v) is 31.4. The molecule has 424 valence electrons. The third-order valence-electron chi connectivity index (χ3n) is 13.3. The topological polar surface area (TPSA) is 61.8 Å². The molecular weight excluding hydrogens is 909 g/mol. The maximum absolute atomic E-state index is 12.9. The minimum Gasteiger partial charge on any atom is -0.462 e. The highest BCUT2D eigenvalue weighted by Crippen LogP contribution is 2.15. The first kappa shape index (κ1) is 70.6. The van der Waals surface area contributed by atoms with Gasteiger partial charge in [-0.2, -0.15) is 0 Å². The van der Waals surface area contributed by atoms with E-state index in [1.165, 1.54) is 173 Å². The molecule has 0 N–H and O–H groups in total. The zero-order valence-electron chi connectivity index (χ0n) is 48.8. The van der Waals surface area contributed by atoms with E-state index in [2.05, 4.69) is 124 Å². The molecule has 0 spiro atoms. The van der Waals surface area contributed by atoms with Gasteiger partial charge in [-0.1, -0.05) is 271 Å². The van der Waals surface area contributed by atoms with Gasteiger partial charge in [0, 0.05) is 19.4 Å². The van der Waals surface area contributed by atoms with E-state index in [4.69, 9.17) is 14.2 Å². The number of carbonyl (C=O) groups is 2. The highest BCUT2D eigenvalue weighted by Gasteiger charge is 2.17. The highest BCUT2D eigenvalue weighted by molar-refractivity contribution is 5.70. The van der Waals surface area contributed by atoms with Gasteiger partial charge in [-0.3, -0.25) is 9.59 Å². The molecule has 5 heteroatoms. The average molecular weight is 1030 g/mol. The lowest BCUT2D eigenvalue weighted by Gasteiger charge is -2.18. The van der Waals surface area contributed by atoms with Crippen LogP contribution in [0.15, 0.2) is 109 Å². The van der Waals surface area contributed by atoms with E-state index < -0.39 is 6.10 Å². The lowest BCUT2D eigenvalue weighted by Crippen LogP contribution is -2.30. The molecule has 1 unspecified atom stereocenters. The van der Waals surface area contributed by atoms with E-state index >= 15 is 0 Å². The summed E-state index contributed by atoms with van der Waals surface area (Å²) in [5, 5.41) is 0. The Balaban J connectivity index is 4.39. The predicted molar refractivity (Wildman–Crippen MR) is 325 cm³/mol. The van der Waals surface area contributed by atoms with Crippen molar-refractivity contribution < 1.29 is 23.8 Å². The second-order valence-electron chi connectivity index (χ2n) is 20.6. The molecule has 0 bridgehead atoms. The van der Waals surface area contributed by atoms with Crippen LogP contribution in [-0.2, 0) is 23.8 Å². The molecule has 0 fully saturated rings. The van der Waals surface area contributed by atoms with Crippen LogP contribution in [0.25, 0.3) is 0 Å². The third kappa shape index (κ3) is 61.1. The molecular formula is C69H118O5. The number of allylic oxidation sites excluding steroid dienone is 18. The van der Waals surface area contributed by atoms with E-state index in [9.17, 15) is 9.59 Å². The molecule has 0 saturated heterocycles. The average Bonchev–Trinajstić information content (AvgIpc) is 3.40. The summed E-state index contributed by atoms with van der Waals surface area (Å²) in [5.41, 5.74) is 0. The Hall–Kier alpha value is -3.44. The fourth-order valence-corrected chi connectivity index (χ4v) is 8.62. The molecule has 1 atom stereocenters. The quantitative estimate of drug-likeness (QED) is 0.0345. The molecule has 0 heterocycles. The lowest BCUT2D eigenvalue weighted by atomic mass is 10.1. The maximum atomic E-state index is 12.9. The molecule has 0 aromatic rings. The van der Waals surface area contributed by atoms with Crippen LogP contribution in [0.2, 0.25) is 0 Å². The van der Waals surface area contributed by atoms with Gasteiger partial charge in [0.1, 0.15) is 6.61 Å². The van der Waals surface area contributed by atoms with Crippen LogP contribution in [0.4, 0.5) is 0 Å². The first-order valence-electron chi connectivity index (χ1n) is 31.4. The van der Waals surface area contributed by atoms with Crippen LogP contribution in [0.5, 0.6) is 0 Å². The van der Waals surface area contributed by atoms with Gasteiger partial charge < -0.3 is 14.2 Å². The zero-order chi connectivity index (χ0) is 53.4. The Morgan fingerprint density at radius 3 is 1.07 bits per heavy atom. The molecule has 0 aromatic carbocycles. The Morgan fingerprint density at radius 2 is 0.635 bits per heavy atom. The SMILES string of the molecule is CC/C=C\C/C=C\C/C=C\C/C=C\C/C=C\C/C=C\CCC(=O)OCC(COCCCCCCCCCCCC/C=C\CCCCCCCC)OC(=O)CCCCCCCCCCC/C=C\C/C=C\CCCCC. The van der Waals surface area contributed by atoms with Gasteiger partial charge in [-0.25, -0.2) is 0 Å². The molecule has 0 saturated carbocycles. The van der Waals surface area contributed by atoms with Crippen molar-refractivity contribution >= 4 is 11.9 Å². The summed E-state index contributed by atoms with van der Waals surface area (Å²) in [7, 11) is 0. The standard InChI is InChI=1S/C69H118O5/c1-4-7-10-13-16-19-22-25-28-31-34-37-40-43-46-49-52-55-58-61-64-72-65-67(74-69(71)63-60-57-54-51-48-45-42-39-36-33-30-27-24-21-18-15-12-9-6-3)66-73-68(70)62-59-56-53-50-47-44-41-38-35-32-29-26-23-20-17-14-11-8-5-2/h8,11,17-18,20-21,25-30,35,38,44,47,53,56,67H,4-7,9-10,12-16,19,22-24,31-34,36-37,39-43,45-46,48-52,54-55,57-66H2,1-3H3/b11-8-,20-17-,21-18-,28-25-,29-26-,30-27-,38-35-,47-44-,56-53-. The molecule has 0 aliphatic rings. The van der Waals surface area contributed by atoms with Crippen molar-refractivity contribution in [1.82, 2.24) is 0 Å². The fourth-order valence-electron chi connectivity index (χ4n) is 8.62. The second kappa shape index (κ2) is 63.8. The number of rotatable bonds is 57. The van der Waals surface area contributed by atoms with Gasteiger partial charge >= 0.3 is 11.9 Å². The largest absolute Gasteiger partial charge is 0.462 e. The smallest absolute Gasteiger partial charge is 0.306 e. The van der Waals surface area contributed by atoms with Crippen LogP contribution in [0.1, 0.15) is 290 Å². The minimum absolute atomic E-state index is 0.0388. The van der Waals surface area contributed by atoms with Crippen molar-refractivity contribution in [2.45, 2.75) is 297 Å². The Morgan fingerprint density at radius 1 is 0.311 bits per heavy atom. The minimum atomic E-state index is -0.578. The molecule has 74 heavy (non-hydrogen) atoms.